The van der Waals surface area contributed by atoms with Crippen LogP contribution in [0.25, 0.3) is 0 Å². The molecule has 1 rings (SSSR count). The molecule has 0 bridgehead atoms. The Bertz CT molecular complexity index is 294. The molecule has 1 saturated heterocycles. The molecule has 0 aromatic rings. The first-order chi connectivity index (χ1) is 7.50. The SMILES string of the molecule is C=C(C)CC(NC(=O)C1CCCO1)C(=O)O. The molecule has 2 atom stereocenters. The van der Waals surface area contributed by atoms with Crippen LogP contribution < -0.4 is 5.32 Å². The first kappa shape index (κ1) is 12.7. The zero-order valence-corrected chi connectivity index (χ0v) is 9.36. The van der Waals surface area contributed by atoms with E-state index in [0.29, 0.717) is 13.0 Å². The Hall–Kier alpha value is -1.36. The molecule has 0 aromatic carbocycles. The van der Waals surface area contributed by atoms with Crippen LogP contribution in [0.4, 0.5) is 0 Å². The molecule has 16 heavy (non-hydrogen) atoms. The van der Waals surface area contributed by atoms with Crippen LogP contribution in [-0.2, 0) is 14.3 Å². The molecule has 1 amide bonds. The molecular formula is C11H17NO4. The number of nitrogens with one attached hydrogen (secondary N) is 1. The minimum absolute atomic E-state index is 0.244. The van der Waals surface area contributed by atoms with Gasteiger partial charge < -0.3 is 15.2 Å². The molecule has 90 valence electrons. The van der Waals surface area contributed by atoms with E-state index in [1.807, 2.05) is 0 Å². The lowest BCUT2D eigenvalue weighted by Crippen LogP contribution is -2.45. The van der Waals surface area contributed by atoms with Gasteiger partial charge in [-0.25, -0.2) is 4.79 Å². The Morgan fingerprint density at radius 1 is 1.62 bits per heavy atom. The Kier molecular flexibility index (Phi) is 4.49. The van der Waals surface area contributed by atoms with Gasteiger partial charge in [-0.1, -0.05) is 5.57 Å². The maximum atomic E-state index is 11.6. The second-order valence-corrected chi connectivity index (χ2v) is 4.06. The Morgan fingerprint density at radius 2 is 2.31 bits per heavy atom. The quantitative estimate of drug-likeness (QED) is 0.678. The van der Waals surface area contributed by atoms with Gasteiger partial charge in [0, 0.05) is 6.61 Å². The normalized spacial score (nSPS) is 21.4. The molecule has 0 radical (unpaired) electrons. The zero-order chi connectivity index (χ0) is 12.1. The number of hydrogen-bond acceptors (Lipinski definition) is 3. The van der Waals surface area contributed by atoms with Crippen LogP contribution in [-0.4, -0.2) is 35.7 Å². The van der Waals surface area contributed by atoms with Crippen molar-refractivity contribution in [2.24, 2.45) is 0 Å². The van der Waals surface area contributed by atoms with Crippen molar-refractivity contribution >= 4 is 11.9 Å². The smallest absolute Gasteiger partial charge is 0.326 e. The molecule has 5 heteroatoms. The Morgan fingerprint density at radius 3 is 2.75 bits per heavy atom. The van der Waals surface area contributed by atoms with Crippen molar-refractivity contribution in [1.82, 2.24) is 5.32 Å². The van der Waals surface area contributed by atoms with E-state index in [2.05, 4.69) is 11.9 Å². The third kappa shape index (κ3) is 3.66. The standard InChI is InChI=1S/C11H17NO4/c1-7(2)6-8(11(14)15)12-10(13)9-4-3-5-16-9/h8-9H,1,3-6H2,2H3,(H,12,13)(H,14,15). The fourth-order valence-corrected chi connectivity index (χ4v) is 1.60. The summed E-state index contributed by atoms with van der Waals surface area (Å²) < 4.78 is 5.17. The van der Waals surface area contributed by atoms with Crippen LogP contribution in [0.2, 0.25) is 0 Å². The van der Waals surface area contributed by atoms with Gasteiger partial charge >= 0.3 is 5.97 Å². The van der Waals surface area contributed by atoms with Gasteiger partial charge in [0.15, 0.2) is 0 Å². The molecule has 2 unspecified atom stereocenters. The Labute approximate surface area is 94.5 Å². The van der Waals surface area contributed by atoms with Gasteiger partial charge in [0.2, 0.25) is 5.91 Å². The highest BCUT2D eigenvalue weighted by Gasteiger charge is 2.27. The number of aliphatic carboxylic acids is 1. The first-order valence-electron chi connectivity index (χ1n) is 5.30. The van der Waals surface area contributed by atoms with E-state index in [0.717, 1.165) is 12.0 Å². The number of amides is 1. The summed E-state index contributed by atoms with van der Waals surface area (Å²) in [4.78, 5) is 22.5. The first-order valence-corrected chi connectivity index (χ1v) is 5.30. The highest BCUT2D eigenvalue weighted by atomic mass is 16.5. The predicted octanol–water partition coefficient (Wildman–Crippen LogP) is 0.701. The highest BCUT2D eigenvalue weighted by Crippen LogP contribution is 2.12. The van der Waals surface area contributed by atoms with Crippen molar-refractivity contribution in [2.45, 2.75) is 38.3 Å². The maximum absolute atomic E-state index is 11.6. The van der Waals surface area contributed by atoms with Gasteiger partial charge in [0.25, 0.3) is 0 Å². The van der Waals surface area contributed by atoms with Gasteiger partial charge in [0.1, 0.15) is 12.1 Å². The summed E-state index contributed by atoms with van der Waals surface area (Å²) in [5, 5.41) is 11.4. The number of carbonyl (C=O) groups excluding carboxylic acids is 1. The largest absolute Gasteiger partial charge is 0.480 e. The van der Waals surface area contributed by atoms with E-state index in [9.17, 15) is 9.59 Å². The third-order valence-corrected chi connectivity index (χ3v) is 2.39. The van der Waals surface area contributed by atoms with Crippen molar-refractivity contribution in [1.29, 1.82) is 0 Å². The van der Waals surface area contributed by atoms with Gasteiger partial charge in [-0.15, -0.1) is 6.58 Å². The molecule has 0 saturated carbocycles. The van der Waals surface area contributed by atoms with Crippen molar-refractivity contribution in [3.63, 3.8) is 0 Å². The second-order valence-electron chi connectivity index (χ2n) is 4.06. The minimum Gasteiger partial charge on any atom is -0.480 e. The van der Waals surface area contributed by atoms with Crippen molar-refractivity contribution in [2.75, 3.05) is 6.61 Å². The minimum atomic E-state index is -1.05. The summed E-state index contributed by atoms with van der Waals surface area (Å²) in [6.07, 6.45) is 1.25. The molecule has 1 aliphatic rings. The van der Waals surface area contributed by atoms with Crippen LogP contribution in [0.3, 0.4) is 0 Å². The fraction of sp³-hybridized carbons (Fsp3) is 0.636. The van der Waals surface area contributed by atoms with E-state index in [1.54, 1.807) is 6.92 Å². The average Bonchev–Trinajstić information content (AvgIpc) is 2.68. The number of ether oxygens (including phenoxy) is 1. The Balaban J connectivity index is 2.50. The van der Waals surface area contributed by atoms with E-state index in [-0.39, 0.29) is 12.3 Å². The monoisotopic (exact) mass is 227 g/mol. The predicted molar refractivity (Wildman–Crippen MR) is 58.0 cm³/mol. The van der Waals surface area contributed by atoms with E-state index < -0.39 is 18.1 Å². The van der Waals surface area contributed by atoms with Gasteiger partial charge in [-0.3, -0.25) is 4.79 Å². The molecule has 5 nitrogen and oxygen atoms in total. The van der Waals surface area contributed by atoms with Crippen molar-refractivity contribution in [3.8, 4) is 0 Å². The number of carbonyl (C=O) groups is 2. The summed E-state index contributed by atoms with van der Waals surface area (Å²) in [6.45, 7) is 5.93. The summed E-state index contributed by atoms with van der Waals surface area (Å²) in [6, 6.07) is -0.908. The maximum Gasteiger partial charge on any atom is 0.326 e. The number of hydrogen-bond donors (Lipinski definition) is 2. The van der Waals surface area contributed by atoms with Crippen molar-refractivity contribution in [3.05, 3.63) is 12.2 Å². The summed E-state index contributed by atoms with van der Waals surface area (Å²) >= 11 is 0. The molecule has 0 spiro atoms. The highest BCUT2D eigenvalue weighted by molar-refractivity contribution is 5.86. The molecule has 0 aromatic heterocycles. The van der Waals surface area contributed by atoms with Crippen LogP contribution in [0, 0.1) is 0 Å². The molecule has 1 heterocycles. The van der Waals surface area contributed by atoms with Crippen LogP contribution in [0.1, 0.15) is 26.2 Å². The second kappa shape index (κ2) is 5.65. The van der Waals surface area contributed by atoms with Crippen LogP contribution in [0.15, 0.2) is 12.2 Å². The lowest BCUT2D eigenvalue weighted by Gasteiger charge is -2.17. The summed E-state index contributed by atoms with van der Waals surface area (Å²) in [7, 11) is 0. The molecule has 1 fully saturated rings. The van der Waals surface area contributed by atoms with Crippen molar-refractivity contribution < 1.29 is 19.4 Å². The third-order valence-electron chi connectivity index (χ3n) is 2.39. The van der Waals surface area contributed by atoms with E-state index in [1.165, 1.54) is 0 Å². The number of carboxylic acids is 1. The van der Waals surface area contributed by atoms with E-state index in [4.69, 9.17) is 9.84 Å². The molecule has 0 aliphatic carbocycles. The zero-order valence-electron chi connectivity index (χ0n) is 9.36. The number of carboxylic acid groups (broad SMARTS) is 1. The van der Waals surface area contributed by atoms with Gasteiger partial charge in [-0.2, -0.15) is 0 Å². The van der Waals surface area contributed by atoms with Gasteiger partial charge in [0.05, 0.1) is 0 Å². The summed E-state index contributed by atoms with van der Waals surface area (Å²) in [5.41, 5.74) is 0.722. The number of rotatable bonds is 5. The summed E-state index contributed by atoms with van der Waals surface area (Å²) in [5.74, 6) is -1.39. The lowest BCUT2D eigenvalue weighted by atomic mass is 10.1. The average molecular weight is 227 g/mol. The topological polar surface area (TPSA) is 75.6 Å². The van der Waals surface area contributed by atoms with E-state index >= 15 is 0 Å². The molecule has 2 N–H and O–H groups in total. The molecule has 1 aliphatic heterocycles. The fourth-order valence-electron chi connectivity index (χ4n) is 1.60. The lowest BCUT2D eigenvalue weighted by molar-refractivity contribution is -0.143. The molecular weight excluding hydrogens is 210 g/mol. The van der Waals surface area contributed by atoms with Crippen LogP contribution in [0.5, 0.6) is 0 Å². The van der Waals surface area contributed by atoms with Crippen LogP contribution >= 0.6 is 0 Å². The van der Waals surface area contributed by atoms with Gasteiger partial charge in [-0.05, 0) is 26.2 Å².